The Balaban J connectivity index is 1.56. The van der Waals surface area contributed by atoms with Crippen LogP contribution in [0.15, 0.2) is 39.9 Å². The molecule has 1 saturated heterocycles. The molecule has 158 valence electrons. The first-order valence-electron chi connectivity index (χ1n) is 10.3. The Morgan fingerprint density at radius 1 is 1.31 bits per heavy atom. The Morgan fingerprint density at radius 2 is 2.14 bits per heavy atom. The van der Waals surface area contributed by atoms with Crippen molar-refractivity contribution in [2.75, 3.05) is 46.6 Å². The highest BCUT2D eigenvalue weighted by atomic mass is 16.5. The van der Waals surface area contributed by atoms with Gasteiger partial charge in [0.25, 0.3) is 0 Å². The molecule has 7 nitrogen and oxygen atoms in total. The lowest BCUT2D eigenvalue weighted by Gasteiger charge is -2.21. The average molecular weight is 401 g/mol. The van der Waals surface area contributed by atoms with Crippen LogP contribution in [0, 0.1) is 12.8 Å². The molecule has 0 saturated carbocycles. The molecule has 1 aliphatic heterocycles. The van der Waals surface area contributed by atoms with E-state index in [1.165, 1.54) is 5.56 Å². The first-order chi connectivity index (χ1) is 14.2. The van der Waals surface area contributed by atoms with E-state index in [-0.39, 0.29) is 0 Å². The molecule has 1 aliphatic rings. The molecule has 0 amide bonds. The van der Waals surface area contributed by atoms with E-state index in [0.717, 1.165) is 49.9 Å². The topological polar surface area (TPSA) is 72.1 Å². The van der Waals surface area contributed by atoms with Crippen molar-refractivity contribution >= 4 is 5.96 Å². The Hall–Kier alpha value is -2.38. The largest absolute Gasteiger partial charge is 0.444 e. The number of aryl methyl sites for hydroxylation is 1. The Kier molecular flexibility index (Phi) is 8.07. The molecule has 1 N–H and O–H groups in total. The highest BCUT2D eigenvalue weighted by Gasteiger charge is 2.25. The number of methoxy groups -OCH3 is 1. The van der Waals surface area contributed by atoms with Gasteiger partial charge in [-0.2, -0.15) is 0 Å². The monoisotopic (exact) mass is 400 g/mol. The highest BCUT2D eigenvalue weighted by molar-refractivity contribution is 5.80. The fourth-order valence-corrected chi connectivity index (χ4v) is 3.34. The van der Waals surface area contributed by atoms with E-state index in [1.54, 1.807) is 13.4 Å². The van der Waals surface area contributed by atoms with Gasteiger partial charge in [-0.25, -0.2) is 9.98 Å². The summed E-state index contributed by atoms with van der Waals surface area (Å²) < 4.78 is 16.4. The van der Waals surface area contributed by atoms with E-state index in [9.17, 15) is 0 Å². The summed E-state index contributed by atoms with van der Waals surface area (Å²) >= 11 is 0. The predicted octanol–water partition coefficient (Wildman–Crippen LogP) is 3.10. The molecule has 2 aromatic rings. The second kappa shape index (κ2) is 11.0. The minimum atomic E-state index is 0.489. The van der Waals surface area contributed by atoms with Crippen LogP contribution in [0.1, 0.15) is 24.6 Å². The number of guanidine groups is 1. The Labute approximate surface area is 173 Å². The van der Waals surface area contributed by atoms with Crippen molar-refractivity contribution in [1.82, 2.24) is 15.2 Å². The number of aromatic nitrogens is 1. The minimum absolute atomic E-state index is 0.489. The first kappa shape index (κ1) is 21.3. The highest BCUT2D eigenvalue weighted by Crippen LogP contribution is 2.20. The summed E-state index contributed by atoms with van der Waals surface area (Å²) in [6, 6.07) is 8.17. The van der Waals surface area contributed by atoms with Gasteiger partial charge in [0.1, 0.15) is 12.0 Å². The van der Waals surface area contributed by atoms with Crippen LogP contribution in [0.25, 0.3) is 11.5 Å². The van der Waals surface area contributed by atoms with Crippen LogP contribution in [-0.4, -0.2) is 62.4 Å². The van der Waals surface area contributed by atoms with E-state index in [0.29, 0.717) is 31.6 Å². The van der Waals surface area contributed by atoms with E-state index in [4.69, 9.17) is 18.9 Å². The fraction of sp³-hybridized carbons (Fsp3) is 0.545. The van der Waals surface area contributed by atoms with E-state index in [2.05, 4.69) is 41.2 Å². The van der Waals surface area contributed by atoms with Gasteiger partial charge in [-0.15, -0.1) is 0 Å². The van der Waals surface area contributed by atoms with Crippen molar-refractivity contribution in [2.45, 2.75) is 26.8 Å². The molecule has 0 radical (unpaired) electrons. The van der Waals surface area contributed by atoms with Gasteiger partial charge in [0, 0.05) is 38.2 Å². The molecule has 29 heavy (non-hydrogen) atoms. The summed E-state index contributed by atoms with van der Waals surface area (Å²) in [6.07, 6.45) is 2.80. The number of hydrogen-bond acceptors (Lipinski definition) is 5. The third kappa shape index (κ3) is 6.30. The normalized spacial score (nSPS) is 17.1. The number of likely N-dealkylation sites (tertiary alicyclic amines) is 1. The van der Waals surface area contributed by atoms with Crippen LogP contribution in [-0.2, 0) is 16.0 Å². The van der Waals surface area contributed by atoms with Gasteiger partial charge in [0.05, 0.1) is 26.4 Å². The molecule has 1 fully saturated rings. The SMILES string of the molecule is CCNC(=NCc1coc(-c2ccc(C)cc2)n1)N1CCC(COCCOC)C1. The van der Waals surface area contributed by atoms with Crippen LogP contribution in [0.5, 0.6) is 0 Å². The van der Waals surface area contributed by atoms with E-state index < -0.39 is 0 Å². The summed E-state index contributed by atoms with van der Waals surface area (Å²) in [5.41, 5.74) is 3.02. The summed E-state index contributed by atoms with van der Waals surface area (Å²) in [7, 11) is 1.69. The number of nitrogens with one attached hydrogen (secondary N) is 1. The first-order valence-corrected chi connectivity index (χ1v) is 10.3. The molecule has 1 unspecified atom stereocenters. The molecule has 1 aromatic heterocycles. The van der Waals surface area contributed by atoms with Crippen LogP contribution in [0.4, 0.5) is 0 Å². The zero-order valence-electron chi connectivity index (χ0n) is 17.7. The standard InChI is InChI=1S/C22H32N4O3/c1-4-23-22(26-10-9-18(14-26)15-28-12-11-27-3)24-13-20-16-29-21(25-20)19-7-5-17(2)6-8-19/h5-8,16,18H,4,9-15H2,1-3H3,(H,23,24). The summed E-state index contributed by atoms with van der Waals surface area (Å²) in [5, 5.41) is 3.39. The molecular weight excluding hydrogens is 368 g/mol. The predicted molar refractivity (Wildman–Crippen MR) is 114 cm³/mol. The smallest absolute Gasteiger partial charge is 0.226 e. The second-order valence-corrected chi connectivity index (χ2v) is 7.35. The molecule has 3 rings (SSSR count). The molecule has 2 heterocycles. The third-order valence-corrected chi connectivity index (χ3v) is 4.95. The van der Waals surface area contributed by atoms with Crippen LogP contribution < -0.4 is 5.32 Å². The summed E-state index contributed by atoms with van der Waals surface area (Å²) in [4.78, 5) is 11.7. The molecule has 1 aromatic carbocycles. The van der Waals surface area contributed by atoms with Gasteiger partial charge in [-0.1, -0.05) is 17.7 Å². The van der Waals surface area contributed by atoms with Crippen molar-refractivity contribution in [1.29, 1.82) is 0 Å². The Morgan fingerprint density at radius 3 is 2.90 bits per heavy atom. The molecule has 0 aliphatic carbocycles. The molecule has 1 atom stereocenters. The van der Waals surface area contributed by atoms with Crippen molar-refractivity contribution in [2.24, 2.45) is 10.9 Å². The van der Waals surface area contributed by atoms with Gasteiger partial charge >= 0.3 is 0 Å². The van der Waals surface area contributed by atoms with Crippen LogP contribution in [0.2, 0.25) is 0 Å². The maximum absolute atomic E-state index is 5.69. The maximum Gasteiger partial charge on any atom is 0.226 e. The number of hydrogen-bond donors (Lipinski definition) is 1. The maximum atomic E-state index is 5.69. The molecular formula is C22H32N4O3. The molecule has 7 heteroatoms. The number of aliphatic imine (C=N–C) groups is 1. The van der Waals surface area contributed by atoms with Crippen LogP contribution >= 0.6 is 0 Å². The third-order valence-electron chi connectivity index (χ3n) is 4.95. The minimum Gasteiger partial charge on any atom is -0.444 e. The number of rotatable bonds is 9. The zero-order chi connectivity index (χ0) is 20.5. The van der Waals surface area contributed by atoms with Gasteiger partial charge in [0.15, 0.2) is 5.96 Å². The van der Waals surface area contributed by atoms with Gasteiger partial charge in [0.2, 0.25) is 5.89 Å². The van der Waals surface area contributed by atoms with Gasteiger partial charge < -0.3 is 24.1 Å². The number of benzene rings is 1. The van der Waals surface area contributed by atoms with Crippen LogP contribution in [0.3, 0.4) is 0 Å². The fourth-order valence-electron chi connectivity index (χ4n) is 3.34. The van der Waals surface area contributed by atoms with Crippen molar-refractivity contribution < 1.29 is 13.9 Å². The van der Waals surface area contributed by atoms with Gasteiger partial charge in [-0.3, -0.25) is 0 Å². The van der Waals surface area contributed by atoms with Crippen molar-refractivity contribution in [3.8, 4) is 11.5 Å². The summed E-state index contributed by atoms with van der Waals surface area (Å²) in [5.74, 6) is 2.08. The average Bonchev–Trinajstić information content (AvgIpc) is 3.39. The quantitative estimate of drug-likeness (QED) is 0.396. The number of nitrogens with zero attached hydrogens (tertiary/aromatic N) is 3. The summed E-state index contributed by atoms with van der Waals surface area (Å²) in [6.45, 7) is 9.46. The van der Waals surface area contributed by atoms with Gasteiger partial charge in [-0.05, 0) is 32.4 Å². The lowest BCUT2D eigenvalue weighted by molar-refractivity contribution is 0.0536. The lowest BCUT2D eigenvalue weighted by Crippen LogP contribution is -2.40. The number of oxazole rings is 1. The molecule has 0 bridgehead atoms. The Bertz CT molecular complexity index is 773. The zero-order valence-corrected chi connectivity index (χ0v) is 17.7. The second-order valence-electron chi connectivity index (χ2n) is 7.35. The number of ether oxygens (including phenoxy) is 2. The van der Waals surface area contributed by atoms with E-state index in [1.807, 2.05) is 12.1 Å². The van der Waals surface area contributed by atoms with Crippen molar-refractivity contribution in [3.05, 3.63) is 41.8 Å². The molecule has 0 spiro atoms. The lowest BCUT2D eigenvalue weighted by atomic mass is 10.1. The van der Waals surface area contributed by atoms with E-state index >= 15 is 0 Å². The van der Waals surface area contributed by atoms with Crippen molar-refractivity contribution in [3.63, 3.8) is 0 Å².